The van der Waals surface area contributed by atoms with Crippen LogP contribution in [0.2, 0.25) is 0 Å². The van der Waals surface area contributed by atoms with Crippen molar-refractivity contribution < 1.29 is 9.90 Å². The number of nitrogens with zero attached hydrogens (tertiary/aromatic N) is 2. The van der Waals surface area contributed by atoms with E-state index in [-0.39, 0.29) is 6.54 Å². The molecule has 0 atom stereocenters. The minimum atomic E-state index is -0.747. The SMILES string of the molecule is Cc1ccccc1-c1cccc(CN2CCC(N(C)CC(=O)O)CC2)c1. The molecule has 2 aromatic rings. The Hall–Kier alpha value is -2.17. The Balaban J connectivity index is 1.60. The van der Waals surface area contributed by atoms with Gasteiger partial charge in [0.05, 0.1) is 6.54 Å². The van der Waals surface area contributed by atoms with E-state index in [1.165, 1.54) is 22.3 Å². The van der Waals surface area contributed by atoms with E-state index in [1.54, 1.807) is 0 Å². The van der Waals surface area contributed by atoms with E-state index < -0.39 is 5.97 Å². The summed E-state index contributed by atoms with van der Waals surface area (Å²) in [5, 5.41) is 8.95. The maximum Gasteiger partial charge on any atom is 0.317 e. The zero-order valence-corrected chi connectivity index (χ0v) is 15.7. The van der Waals surface area contributed by atoms with Crippen molar-refractivity contribution in [2.75, 3.05) is 26.7 Å². The van der Waals surface area contributed by atoms with E-state index in [9.17, 15) is 4.79 Å². The van der Waals surface area contributed by atoms with Gasteiger partial charge in [-0.15, -0.1) is 0 Å². The monoisotopic (exact) mass is 352 g/mol. The van der Waals surface area contributed by atoms with Gasteiger partial charge in [-0.2, -0.15) is 0 Å². The van der Waals surface area contributed by atoms with Crippen LogP contribution in [0, 0.1) is 6.92 Å². The van der Waals surface area contributed by atoms with Crippen LogP contribution in [0.25, 0.3) is 11.1 Å². The molecule has 4 nitrogen and oxygen atoms in total. The first-order valence-electron chi connectivity index (χ1n) is 9.32. The van der Waals surface area contributed by atoms with Gasteiger partial charge in [0.2, 0.25) is 0 Å². The molecule has 138 valence electrons. The van der Waals surface area contributed by atoms with Crippen molar-refractivity contribution in [2.24, 2.45) is 0 Å². The van der Waals surface area contributed by atoms with Gasteiger partial charge in [-0.3, -0.25) is 14.6 Å². The largest absolute Gasteiger partial charge is 0.480 e. The van der Waals surface area contributed by atoms with Crippen molar-refractivity contribution in [3.8, 4) is 11.1 Å². The number of benzene rings is 2. The second-order valence-electron chi connectivity index (χ2n) is 7.33. The third-order valence-electron chi connectivity index (χ3n) is 5.35. The fraction of sp³-hybridized carbons (Fsp3) is 0.409. The highest BCUT2D eigenvalue weighted by molar-refractivity contribution is 5.69. The number of aryl methyl sites for hydroxylation is 1. The minimum absolute atomic E-state index is 0.128. The van der Waals surface area contributed by atoms with Crippen LogP contribution in [0.3, 0.4) is 0 Å². The van der Waals surface area contributed by atoms with E-state index in [0.717, 1.165) is 32.5 Å². The molecule has 0 spiro atoms. The van der Waals surface area contributed by atoms with Gasteiger partial charge in [0.25, 0.3) is 0 Å². The standard InChI is InChI=1S/C22H28N2O2/c1-17-6-3-4-9-21(17)19-8-5-7-18(14-19)15-24-12-10-20(11-13-24)23(2)16-22(25)26/h3-9,14,20H,10-13,15-16H2,1-2H3,(H,25,26). The van der Waals surface area contributed by atoms with E-state index in [4.69, 9.17) is 5.11 Å². The molecule has 1 heterocycles. The quantitative estimate of drug-likeness (QED) is 0.862. The molecule has 0 amide bonds. The Morgan fingerprint density at radius 1 is 1.15 bits per heavy atom. The lowest BCUT2D eigenvalue weighted by Gasteiger charge is -2.36. The predicted octanol–water partition coefficient (Wildman–Crippen LogP) is 3.64. The predicted molar refractivity (Wildman–Crippen MR) is 105 cm³/mol. The van der Waals surface area contributed by atoms with Crippen LogP contribution in [-0.2, 0) is 11.3 Å². The van der Waals surface area contributed by atoms with E-state index >= 15 is 0 Å². The number of hydrogen-bond donors (Lipinski definition) is 1. The van der Waals surface area contributed by atoms with Crippen LogP contribution in [0.1, 0.15) is 24.0 Å². The first kappa shape index (κ1) is 18.6. The van der Waals surface area contributed by atoms with Crippen LogP contribution in [-0.4, -0.2) is 53.6 Å². The van der Waals surface area contributed by atoms with Crippen LogP contribution in [0.15, 0.2) is 48.5 Å². The maximum absolute atomic E-state index is 10.9. The zero-order valence-electron chi connectivity index (χ0n) is 15.7. The number of likely N-dealkylation sites (N-methyl/N-ethyl adjacent to an activating group) is 1. The second kappa shape index (κ2) is 8.47. The summed E-state index contributed by atoms with van der Waals surface area (Å²) in [6.07, 6.45) is 2.06. The summed E-state index contributed by atoms with van der Waals surface area (Å²) >= 11 is 0. The van der Waals surface area contributed by atoms with Gasteiger partial charge in [-0.1, -0.05) is 42.5 Å². The van der Waals surface area contributed by atoms with E-state index in [2.05, 4.69) is 60.4 Å². The van der Waals surface area contributed by atoms with Crippen molar-refractivity contribution in [2.45, 2.75) is 32.4 Å². The molecular formula is C22H28N2O2. The number of hydrogen-bond acceptors (Lipinski definition) is 3. The highest BCUT2D eigenvalue weighted by Gasteiger charge is 2.23. The molecule has 4 heteroatoms. The van der Waals surface area contributed by atoms with Crippen molar-refractivity contribution in [1.29, 1.82) is 0 Å². The molecule has 1 N–H and O–H groups in total. The third-order valence-corrected chi connectivity index (χ3v) is 5.35. The molecule has 1 aliphatic rings. The van der Waals surface area contributed by atoms with E-state index in [0.29, 0.717) is 6.04 Å². The summed E-state index contributed by atoms with van der Waals surface area (Å²) in [6, 6.07) is 17.7. The summed E-state index contributed by atoms with van der Waals surface area (Å²) in [5.41, 5.74) is 5.20. The number of carboxylic acids is 1. The number of carbonyl (C=O) groups is 1. The molecule has 3 rings (SSSR count). The average Bonchev–Trinajstić information content (AvgIpc) is 2.62. The summed E-state index contributed by atoms with van der Waals surface area (Å²) in [6.45, 7) is 5.27. The van der Waals surface area contributed by atoms with Gasteiger partial charge >= 0.3 is 5.97 Å². The first-order valence-corrected chi connectivity index (χ1v) is 9.32. The third kappa shape index (κ3) is 4.71. The summed E-state index contributed by atoms with van der Waals surface area (Å²) in [5.74, 6) is -0.747. The molecule has 1 fully saturated rings. The van der Waals surface area contributed by atoms with Crippen molar-refractivity contribution in [3.63, 3.8) is 0 Å². The van der Waals surface area contributed by atoms with Crippen LogP contribution in [0.5, 0.6) is 0 Å². The van der Waals surface area contributed by atoms with Crippen molar-refractivity contribution >= 4 is 5.97 Å². The summed E-state index contributed by atoms with van der Waals surface area (Å²) < 4.78 is 0. The number of piperidine rings is 1. The number of carboxylic acid groups (broad SMARTS) is 1. The smallest absolute Gasteiger partial charge is 0.317 e. The second-order valence-corrected chi connectivity index (χ2v) is 7.33. The Bertz CT molecular complexity index is 751. The zero-order chi connectivity index (χ0) is 18.5. The Kier molecular flexibility index (Phi) is 6.07. The van der Waals surface area contributed by atoms with Gasteiger partial charge in [0.15, 0.2) is 0 Å². The minimum Gasteiger partial charge on any atom is -0.480 e. The van der Waals surface area contributed by atoms with Gasteiger partial charge in [-0.05, 0) is 68.2 Å². The molecule has 0 aromatic heterocycles. The average molecular weight is 352 g/mol. The Morgan fingerprint density at radius 3 is 2.58 bits per heavy atom. The molecule has 1 aliphatic heterocycles. The molecule has 0 bridgehead atoms. The lowest BCUT2D eigenvalue weighted by molar-refractivity contribution is -0.138. The van der Waals surface area contributed by atoms with Crippen LogP contribution >= 0.6 is 0 Å². The van der Waals surface area contributed by atoms with Crippen molar-refractivity contribution in [3.05, 3.63) is 59.7 Å². The molecular weight excluding hydrogens is 324 g/mol. The fourth-order valence-electron chi connectivity index (χ4n) is 3.85. The van der Waals surface area contributed by atoms with Crippen molar-refractivity contribution in [1.82, 2.24) is 9.80 Å². The molecule has 0 aliphatic carbocycles. The highest BCUT2D eigenvalue weighted by Crippen LogP contribution is 2.25. The van der Waals surface area contributed by atoms with Gasteiger partial charge in [0, 0.05) is 12.6 Å². The molecule has 0 unspecified atom stereocenters. The molecule has 26 heavy (non-hydrogen) atoms. The maximum atomic E-state index is 10.9. The Morgan fingerprint density at radius 2 is 1.88 bits per heavy atom. The van der Waals surface area contributed by atoms with Crippen LogP contribution < -0.4 is 0 Å². The molecule has 1 saturated heterocycles. The molecule has 0 saturated carbocycles. The molecule has 0 radical (unpaired) electrons. The van der Waals surface area contributed by atoms with Crippen LogP contribution in [0.4, 0.5) is 0 Å². The fourth-order valence-corrected chi connectivity index (χ4v) is 3.85. The number of likely N-dealkylation sites (tertiary alicyclic amines) is 1. The lowest BCUT2D eigenvalue weighted by Crippen LogP contribution is -2.44. The van der Waals surface area contributed by atoms with Gasteiger partial charge < -0.3 is 5.11 Å². The Labute approximate surface area is 156 Å². The first-order chi connectivity index (χ1) is 12.5. The van der Waals surface area contributed by atoms with Gasteiger partial charge in [0.1, 0.15) is 0 Å². The van der Waals surface area contributed by atoms with Gasteiger partial charge in [-0.25, -0.2) is 0 Å². The highest BCUT2D eigenvalue weighted by atomic mass is 16.4. The topological polar surface area (TPSA) is 43.8 Å². The normalized spacial score (nSPS) is 16.1. The van der Waals surface area contributed by atoms with E-state index in [1.807, 2.05) is 11.9 Å². The summed E-state index contributed by atoms with van der Waals surface area (Å²) in [4.78, 5) is 15.3. The lowest BCUT2D eigenvalue weighted by atomic mass is 9.98. The number of aliphatic carboxylic acids is 1. The summed E-state index contributed by atoms with van der Waals surface area (Å²) in [7, 11) is 1.92. The molecule has 2 aromatic carbocycles. The number of rotatable bonds is 6.